The summed E-state index contributed by atoms with van der Waals surface area (Å²) in [7, 11) is 0. The molecule has 0 heterocycles. The Morgan fingerprint density at radius 1 is 1.05 bits per heavy atom. The van der Waals surface area contributed by atoms with Crippen molar-refractivity contribution in [3.8, 4) is 0 Å². The molecule has 21 heavy (non-hydrogen) atoms. The Hall–Kier alpha value is -0.0800. The molecule has 122 valence electrons. The Kier molecular flexibility index (Phi) is 4.66. The second-order valence-corrected chi connectivity index (χ2v) is 8.61. The minimum atomic E-state index is 0.425. The number of hydrogen-bond donors (Lipinski definition) is 1. The van der Waals surface area contributed by atoms with Crippen LogP contribution in [0.25, 0.3) is 0 Å². The predicted octanol–water partition coefficient (Wildman–Crippen LogP) is 4.53. The van der Waals surface area contributed by atoms with Crippen molar-refractivity contribution in [2.45, 2.75) is 90.7 Å². The third-order valence-electron chi connectivity index (χ3n) is 7.39. The highest BCUT2D eigenvalue weighted by Crippen LogP contribution is 2.66. The molecule has 0 aromatic heterocycles. The van der Waals surface area contributed by atoms with E-state index in [4.69, 9.17) is 4.74 Å². The number of hydrogen-bond acceptors (Lipinski definition) is 2. The summed E-state index contributed by atoms with van der Waals surface area (Å²) in [5, 5.41) is 3.73. The van der Waals surface area contributed by atoms with Crippen LogP contribution in [0.3, 0.4) is 0 Å². The van der Waals surface area contributed by atoms with Crippen molar-refractivity contribution in [1.82, 2.24) is 5.32 Å². The van der Waals surface area contributed by atoms with E-state index < -0.39 is 0 Å². The van der Waals surface area contributed by atoms with Gasteiger partial charge in [0, 0.05) is 12.6 Å². The van der Waals surface area contributed by atoms with Gasteiger partial charge < -0.3 is 10.1 Å². The van der Waals surface area contributed by atoms with Crippen LogP contribution in [0.5, 0.6) is 0 Å². The highest BCUT2D eigenvalue weighted by molar-refractivity contribution is 5.11. The van der Waals surface area contributed by atoms with Crippen molar-refractivity contribution in [3.63, 3.8) is 0 Å². The number of ether oxygens (including phenoxy) is 1. The number of fused-ring (bicyclic) bond motifs is 2. The van der Waals surface area contributed by atoms with Crippen LogP contribution in [0.15, 0.2) is 0 Å². The van der Waals surface area contributed by atoms with Crippen LogP contribution in [-0.2, 0) is 4.74 Å². The molecule has 3 saturated carbocycles. The Bertz CT molecular complexity index is 347. The van der Waals surface area contributed by atoms with E-state index in [9.17, 15) is 0 Å². The summed E-state index contributed by atoms with van der Waals surface area (Å²) in [5.74, 6) is 0.896. The standard InChI is InChI=1S/C19H35NO/c1-18(2)15-10-11-19(18,3)17(14-15)21-13-7-12-20-16-8-5-4-6-9-16/h15-17,20H,4-14H2,1-3H3. The first-order valence-electron chi connectivity index (χ1n) is 9.39. The maximum atomic E-state index is 6.32. The zero-order valence-electron chi connectivity index (χ0n) is 14.4. The molecule has 2 nitrogen and oxygen atoms in total. The predicted molar refractivity (Wildman–Crippen MR) is 88.5 cm³/mol. The Morgan fingerprint density at radius 2 is 1.81 bits per heavy atom. The molecule has 3 rings (SSSR count). The summed E-state index contributed by atoms with van der Waals surface area (Å²) in [4.78, 5) is 0. The van der Waals surface area contributed by atoms with Crippen molar-refractivity contribution in [1.29, 1.82) is 0 Å². The summed E-state index contributed by atoms with van der Waals surface area (Å²) in [5.41, 5.74) is 0.909. The van der Waals surface area contributed by atoms with Gasteiger partial charge in [0.15, 0.2) is 0 Å². The van der Waals surface area contributed by atoms with E-state index in [1.807, 2.05) is 0 Å². The maximum absolute atomic E-state index is 6.32. The van der Waals surface area contributed by atoms with Gasteiger partial charge in [-0.25, -0.2) is 0 Å². The lowest BCUT2D eigenvalue weighted by atomic mass is 9.70. The SMILES string of the molecule is CC1(C)C2CCC1(C)C(OCCCNC1CCCCC1)C2. The van der Waals surface area contributed by atoms with Gasteiger partial charge in [-0.1, -0.05) is 40.0 Å². The van der Waals surface area contributed by atoms with Gasteiger partial charge in [-0.2, -0.15) is 0 Å². The van der Waals surface area contributed by atoms with E-state index in [0.717, 1.165) is 25.1 Å². The Balaban J connectivity index is 1.35. The highest BCUT2D eigenvalue weighted by atomic mass is 16.5. The molecular weight excluding hydrogens is 258 g/mol. The molecule has 2 heteroatoms. The van der Waals surface area contributed by atoms with Crippen LogP contribution in [0.4, 0.5) is 0 Å². The largest absolute Gasteiger partial charge is 0.378 e. The average molecular weight is 293 g/mol. The molecule has 0 aromatic rings. The first-order valence-corrected chi connectivity index (χ1v) is 9.39. The number of nitrogens with one attached hydrogen (secondary N) is 1. The van der Waals surface area contributed by atoms with Crippen LogP contribution in [-0.4, -0.2) is 25.3 Å². The molecule has 0 amide bonds. The van der Waals surface area contributed by atoms with Crippen LogP contribution >= 0.6 is 0 Å². The summed E-state index contributed by atoms with van der Waals surface area (Å²) >= 11 is 0. The van der Waals surface area contributed by atoms with Gasteiger partial charge >= 0.3 is 0 Å². The third-order valence-corrected chi connectivity index (χ3v) is 7.39. The molecule has 0 saturated heterocycles. The lowest BCUT2D eigenvalue weighted by Crippen LogP contribution is -2.37. The summed E-state index contributed by atoms with van der Waals surface area (Å²) < 4.78 is 6.32. The fourth-order valence-corrected chi connectivity index (χ4v) is 5.29. The van der Waals surface area contributed by atoms with Crippen molar-refractivity contribution in [3.05, 3.63) is 0 Å². The second kappa shape index (κ2) is 6.20. The monoisotopic (exact) mass is 293 g/mol. The summed E-state index contributed by atoms with van der Waals surface area (Å²) in [6.45, 7) is 9.51. The molecular formula is C19H35NO. The molecule has 1 N–H and O–H groups in total. The summed E-state index contributed by atoms with van der Waals surface area (Å²) in [6.07, 6.45) is 12.8. The fraction of sp³-hybridized carbons (Fsp3) is 1.00. The van der Waals surface area contributed by atoms with E-state index in [1.54, 1.807) is 0 Å². The minimum Gasteiger partial charge on any atom is -0.378 e. The Morgan fingerprint density at radius 3 is 2.43 bits per heavy atom. The Labute approximate surface area is 131 Å². The third kappa shape index (κ3) is 2.91. The average Bonchev–Trinajstić information content (AvgIpc) is 2.81. The van der Waals surface area contributed by atoms with E-state index in [2.05, 4.69) is 26.1 Å². The zero-order chi connectivity index (χ0) is 14.9. The minimum absolute atomic E-state index is 0.425. The molecule has 3 aliphatic rings. The lowest BCUT2D eigenvalue weighted by Gasteiger charge is -2.39. The van der Waals surface area contributed by atoms with Gasteiger partial charge in [-0.3, -0.25) is 0 Å². The smallest absolute Gasteiger partial charge is 0.0636 e. The van der Waals surface area contributed by atoms with E-state index in [1.165, 1.54) is 57.8 Å². The van der Waals surface area contributed by atoms with Crippen LogP contribution in [0.1, 0.15) is 78.6 Å². The van der Waals surface area contributed by atoms with Gasteiger partial charge in [0.2, 0.25) is 0 Å². The molecule has 3 atom stereocenters. The van der Waals surface area contributed by atoms with Gasteiger partial charge in [0.25, 0.3) is 0 Å². The first kappa shape index (κ1) is 15.8. The molecule has 0 radical (unpaired) electrons. The van der Waals surface area contributed by atoms with Gasteiger partial charge in [-0.05, 0) is 61.8 Å². The lowest BCUT2D eigenvalue weighted by molar-refractivity contribution is -0.0470. The van der Waals surface area contributed by atoms with E-state index in [-0.39, 0.29) is 0 Å². The first-order chi connectivity index (χ1) is 10.0. The van der Waals surface area contributed by atoms with Crippen LogP contribution in [0, 0.1) is 16.7 Å². The molecule has 3 aliphatic carbocycles. The summed E-state index contributed by atoms with van der Waals surface area (Å²) in [6, 6.07) is 0.790. The van der Waals surface area contributed by atoms with Gasteiger partial charge in [0.05, 0.1) is 6.10 Å². The van der Waals surface area contributed by atoms with Crippen molar-refractivity contribution < 1.29 is 4.74 Å². The van der Waals surface area contributed by atoms with Crippen LogP contribution in [0.2, 0.25) is 0 Å². The highest BCUT2D eigenvalue weighted by Gasteiger charge is 2.61. The normalized spacial score (nSPS) is 39.0. The molecule has 3 fully saturated rings. The van der Waals surface area contributed by atoms with Crippen LogP contribution < -0.4 is 5.32 Å². The fourth-order valence-electron chi connectivity index (χ4n) is 5.29. The maximum Gasteiger partial charge on any atom is 0.0636 e. The van der Waals surface area contributed by atoms with Crippen molar-refractivity contribution in [2.24, 2.45) is 16.7 Å². The molecule has 0 spiro atoms. The van der Waals surface area contributed by atoms with E-state index in [0.29, 0.717) is 16.9 Å². The quantitative estimate of drug-likeness (QED) is 0.726. The molecule has 3 unspecified atom stereocenters. The van der Waals surface area contributed by atoms with Gasteiger partial charge in [0.1, 0.15) is 0 Å². The molecule has 0 aromatic carbocycles. The van der Waals surface area contributed by atoms with E-state index >= 15 is 0 Å². The van der Waals surface area contributed by atoms with Gasteiger partial charge in [-0.15, -0.1) is 0 Å². The molecule has 2 bridgehead atoms. The second-order valence-electron chi connectivity index (χ2n) is 8.61. The number of rotatable bonds is 6. The zero-order valence-corrected chi connectivity index (χ0v) is 14.4. The molecule has 0 aliphatic heterocycles. The topological polar surface area (TPSA) is 21.3 Å². The van der Waals surface area contributed by atoms with Crippen molar-refractivity contribution >= 4 is 0 Å². The van der Waals surface area contributed by atoms with Crippen molar-refractivity contribution in [2.75, 3.05) is 13.2 Å².